The summed E-state index contributed by atoms with van der Waals surface area (Å²) in [5.74, 6) is 0.910. The van der Waals surface area contributed by atoms with Gasteiger partial charge < -0.3 is 4.79 Å². The van der Waals surface area contributed by atoms with Gasteiger partial charge in [0, 0.05) is 16.7 Å². The Hall–Kier alpha value is -1.69. The van der Waals surface area contributed by atoms with Gasteiger partial charge in [-0.3, -0.25) is 4.79 Å². The molecular formula is C31H43NO2. The highest BCUT2D eigenvalue weighted by Crippen LogP contribution is 2.74. The highest BCUT2D eigenvalue weighted by molar-refractivity contribution is 6.03. The molecule has 0 radical (unpaired) electrons. The fourth-order valence-corrected chi connectivity index (χ4v) is 9.86. The van der Waals surface area contributed by atoms with E-state index in [1.807, 2.05) is 26.0 Å². The normalized spacial score (nSPS) is 48.9. The fourth-order valence-electron chi connectivity index (χ4n) is 9.86. The van der Waals surface area contributed by atoms with Gasteiger partial charge in [-0.15, -0.1) is 0 Å². The molecule has 0 amide bonds. The van der Waals surface area contributed by atoms with Gasteiger partial charge in [-0.1, -0.05) is 67.0 Å². The summed E-state index contributed by atoms with van der Waals surface area (Å²) in [6.07, 6.45) is 11.9. The highest BCUT2D eigenvalue weighted by atomic mass is 16.1. The molecule has 0 N–H and O–H groups in total. The van der Waals surface area contributed by atoms with E-state index >= 15 is 0 Å². The molecule has 5 aliphatic carbocycles. The van der Waals surface area contributed by atoms with Crippen molar-refractivity contribution in [3.05, 3.63) is 34.8 Å². The molecule has 0 saturated heterocycles. The van der Waals surface area contributed by atoms with Crippen LogP contribution in [0.4, 0.5) is 0 Å². The molecule has 0 aromatic carbocycles. The van der Waals surface area contributed by atoms with Crippen molar-refractivity contribution >= 4 is 11.6 Å². The SMILES string of the molecule is [C-]#[N+]C1=C[C@]2(C)C3=CC(=O)C4C5CC(C)(C)CC[C@]5(C)CC[C@@]4(C)[C@]3(C)CC[C@H]2C(C)(C)C1=O. The van der Waals surface area contributed by atoms with E-state index < -0.39 is 10.8 Å². The number of fused-ring (bicyclic) bond motifs is 7. The van der Waals surface area contributed by atoms with E-state index in [4.69, 9.17) is 6.57 Å². The number of carbonyl (C=O) groups is 2. The molecule has 0 heterocycles. The second-order valence-electron chi connectivity index (χ2n) is 14.9. The van der Waals surface area contributed by atoms with Crippen LogP contribution in [0.3, 0.4) is 0 Å². The maximum absolute atomic E-state index is 14.2. The van der Waals surface area contributed by atoms with Gasteiger partial charge in [0.25, 0.3) is 0 Å². The van der Waals surface area contributed by atoms with Crippen LogP contribution < -0.4 is 0 Å². The van der Waals surface area contributed by atoms with Gasteiger partial charge >= 0.3 is 0 Å². The molecule has 0 bridgehead atoms. The Bertz CT molecular complexity index is 1090. The van der Waals surface area contributed by atoms with Crippen molar-refractivity contribution in [2.75, 3.05) is 0 Å². The van der Waals surface area contributed by atoms with Crippen molar-refractivity contribution in [1.29, 1.82) is 0 Å². The van der Waals surface area contributed by atoms with Gasteiger partial charge in [0.05, 0.1) is 6.57 Å². The molecule has 34 heavy (non-hydrogen) atoms. The van der Waals surface area contributed by atoms with Crippen LogP contribution in [0.1, 0.15) is 100 Å². The second kappa shape index (κ2) is 6.74. The molecule has 0 aliphatic heterocycles. The average Bonchev–Trinajstić information content (AvgIpc) is 2.74. The largest absolute Gasteiger partial charge is 0.307 e. The van der Waals surface area contributed by atoms with Crippen LogP contribution in [0, 0.1) is 56.8 Å². The third kappa shape index (κ3) is 2.75. The van der Waals surface area contributed by atoms with Crippen molar-refractivity contribution in [2.45, 2.75) is 100 Å². The zero-order valence-electron chi connectivity index (χ0n) is 22.6. The van der Waals surface area contributed by atoms with E-state index in [0.29, 0.717) is 11.7 Å². The molecule has 7 atom stereocenters. The van der Waals surface area contributed by atoms with Crippen LogP contribution in [0.2, 0.25) is 0 Å². The molecule has 184 valence electrons. The molecule has 3 heteroatoms. The molecular weight excluding hydrogens is 418 g/mol. The van der Waals surface area contributed by atoms with Gasteiger partial charge in [0.1, 0.15) is 0 Å². The first-order chi connectivity index (χ1) is 15.6. The van der Waals surface area contributed by atoms with Crippen LogP contribution in [-0.4, -0.2) is 11.6 Å². The Morgan fingerprint density at radius 2 is 1.56 bits per heavy atom. The molecule has 0 aromatic heterocycles. The highest BCUT2D eigenvalue weighted by Gasteiger charge is 2.69. The first-order valence-corrected chi connectivity index (χ1v) is 13.5. The first-order valence-electron chi connectivity index (χ1n) is 13.5. The zero-order chi connectivity index (χ0) is 25.1. The number of nitrogens with zero attached hydrogens (tertiary/aromatic N) is 1. The number of hydrogen-bond acceptors (Lipinski definition) is 2. The van der Waals surface area contributed by atoms with E-state index in [-0.39, 0.29) is 45.0 Å². The third-order valence-electron chi connectivity index (χ3n) is 12.3. The molecule has 0 spiro atoms. The standard InChI is InChI=1S/C31H43NO2/c1-26(2)12-13-28(5)14-15-31(8)24(19(28)17-26)21(33)16-23-29(6)18-20(32-9)25(34)27(3,4)22(29)10-11-30(23,31)7/h16,18-19,22,24H,10-15,17H2,1-8H3/t19?,22-,24?,28+,29-,30+,31+/m0/s1. The van der Waals surface area contributed by atoms with E-state index in [1.54, 1.807) is 0 Å². The summed E-state index contributed by atoms with van der Waals surface area (Å²) >= 11 is 0. The minimum Gasteiger partial charge on any atom is -0.307 e. The van der Waals surface area contributed by atoms with Crippen LogP contribution in [-0.2, 0) is 9.59 Å². The van der Waals surface area contributed by atoms with E-state index in [0.717, 1.165) is 25.7 Å². The van der Waals surface area contributed by atoms with Crippen molar-refractivity contribution in [3.63, 3.8) is 0 Å². The minimum atomic E-state index is -0.592. The van der Waals surface area contributed by atoms with Gasteiger partial charge in [-0.25, -0.2) is 4.85 Å². The maximum atomic E-state index is 14.2. The lowest BCUT2D eigenvalue weighted by Gasteiger charge is -2.69. The molecule has 3 nitrogen and oxygen atoms in total. The van der Waals surface area contributed by atoms with Gasteiger partial charge in [0.15, 0.2) is 11.6 Å². The average molecular weight is 462 g/mol. The number of allylic oxidation sites excluding steroid dienone is 4. The lowest BCUT2D eigenvalue weighted by atomic mass is 9.34. The van der Waals surface area contributed by atoms with Crippen LogP contribution in [0.15, 0.2) is 23.4 Å². The van der Waals surface area contributed by atoms with Gasteiger partial charge in [-0.2, -0.15) is 0 Å². The maximum Gasteiger partial charge on any atom is 0.226 e. The van der Waals surface area contributed by atoms with Crippen LogP contribution in [0.5, 0.6) is 0 Å². The Morgan fingerprint density at radius 3 is 2.21 bits per heavy atom. The Labute approximate surface area is 206 Å². The summed E-state index contributed by atoms with van der Waals surface area (Å²) < 4.78 is 0. The lowest BCUT2D eigenvalue weighted by molar-refractivity contribution is -0.168. The molecule has 0 aromatic rings. The molecule has 5 rings (SSSR count). The first kappa shape index (κ1) is 24.0. The third-order valence-corrected chi connectivity index (χ3v) is 12.3. The topological polar surface area (TPSA) is 38.5 Å². The van der Waals surface area contributed by atoms with Crippen LogP contribution >= 0.6 is 0 Å². The summed E-state index contributed by atoms with van der Waals surface area (Å²) in [6.45, 7) is 26.0. The monoisotopic (exact) mass is 461 g/mol. The predicted molar refractivity (Wildman–Crippen MR) is 136 cm³/mol. The summed E-state index contributed by atoms with van der Waals surface area (Å²) in [5.41, 5.74) is 0.814. The summed E-state index contributed by atoms with van der Waals surface area (Å²) in [7, 11) is 0. The van der Waals surface area contributed by atoms with Gasteiger partial charge in [-0.05, 0) is 84.5 Å². The molecule has 3 saturated carbocycles. The Balaban J connectivity index is 1.69. The Kier molecular flexibility index (Phi) is 4.77. The summed E-state index contributed by atoms with van der Waals surface area (Å²) in [4.78, 5) is 31.0. The molecule has 5 aliphatic rings. The number of Topliss-reactive ketones (excluding diaryl/α,β-unsaturated/α-hetero) is 1. The minimum absolute atomic E-state index is 0.0294. The number of ketones is 2. The predicted octanol–water partition coefficient (Wildman–Crippen LogP) is 7.58. The van der Waals surface area contributed by atoms with Gasteiger partial charge in [0.2, 0.25) is 5.70 Å². The molecule has 3 fully saturated rings. The summed E-state index contributed by atoms with van der Waals surface area (Å²) in [5, 5.41) is 0. The van der Waals surface area contributed by atoms with E-state index in [1.165, 1.54) is 24.8 Å². The van der Waals surface area contributed by atoms with Crippen molar-refractivity contribution < 1.29 is 9.59 Å². The number of rotatable bonds is 0. The second-order valence-corrected chi connectivity index (χ2v) is 14.9. The smallest absolute Gasteiger partial charge is 0.226 e. The quantitative estimate of drug-likeness (QED) is 0.349. The van der Waals surface area contributed by atoms with Crippen LogP contribution in [0.25, 0.3) is 4.85 Å². The zero-order valence-corrected chi connectivity index (χ0v) is 22.6. The van der Waals surface area contributed by atoms with Crippen molar-refractivity contribution in [3.8, 4) is 0 Å². The number of carbonyl (C=O) groups excluding carboxylic acids is 2. The van der Waals surface area contributed by atoms with E-state index in [9.17, 15) is 9.59 Å². The van der Waals surface area contributed by atoms with E-state index in [2.05, 4.69) is 46.4 Å². The van der Waals surface area contributed by atoms with Crippen molar-refractivity contribution in [1.82, 2.24) is 0 Å². The fraction of sp³-hybridized carbons (Fsp3) is 0.774. The number of hydrogen-bond donors (Lipinski definition) is 0. The lowest BCUT2D eigenvalue weighted by Crippen LogP contribution is -2.64. The molecule has 2 unspecified atom stereocenters. The van der Waals surface area contributed by atoms with Crippen molar-refractivity contribution in [2.24, 2.45) is 50.2 Å². The Morgan fingerprint density at radius 1 is 0.912 bits per heavy atom. The summed E-state index contributed by atoms with van der Waals surface area (Å²) in [6, 6.07) is 0.